The lowest BCUT2D eigenvalue weighted by Crippen LogP contribution is -2.28. The van der Waals surface area contributed by atoms with Crippen LogP contribution in [-0.4, -0.2) is 36.5 Å². The number of likely N-dealkylation sites (tertiary alicyclic amines) is 1. The molecule has 0 saturated carbocycles. The molecule has 1 aromatic carbocycles. The number of carbonyl (C=O) groups is 2. The number of para-hydroxylation sites is 1. The SMILES string of the molecule is Cc1c(C(O)=C2C(=O)C(=O)N(Cc3cccnc3)[C@H]2c2cccs2)cnn1-c1ccccc1. The lowest BCUT2D eigenvalue weighted by Gasteiger charge is -2.24. The zero-order chi connectivity index (χ0) is 22.9. The van der Waals surface area contributed by atoms with Crippen LogP contribution in [0.2, 0.25) is 0 Å². The molecule has 33 heavy (non-hydrogen) atoms. The molecule has 1 atom stereocenters. The van der Waals surface area contributed by atoms with E-state index in [1.54, 1.807) is 23.1 Å². The summed E-state index contributed by atoms with van der Waals surface area (Å²) in [5.74, 6) is -1.58. The molecule has 7 nitrogen and oxygen atoms in total. The van der Waals surface area contributed by atoms with E-state index in [4.69, 9.17) is 0 Å². The van der Waals surface area contributed by atoms with Gasteiger partial charge in [-0.15, -0.1) is 11.3 Å². The maximum absolute atomic E-state index is 13.2. The number of carbonyl (C=O) groups excluding carboxylic acids is 2. The Balaban J connectivity index is 1.62. The van der Waals surface area contributed by atoms with Gasteiger partial charge in [0.15, 0.2) is 0 Å². The third-order valence-electron chi connectivity index (χ3n) is 5.69. The molecule has 0 aliphatic carbocycles. The summed E-state index contributed by atoms with van der Waals surface area (Å²) in [5, 5.41) is 17.6. The highest BCUT2D eigenvalue weighted by molar-refractivity contribution is 7.10. The minimum Gasteiger partial charge on any atom is -0.507 e. The Morgan fingerprint density at radius 1 is 1.06 bits per heavy atom. The van der Waals surface area contributed by atoms with Crippen LogP contribution in [0, 0.1) is 6.92 Å². The molecule has 164 valence electrons. The van der Waals surface area contributed by atoms with E-state index >= 15 is 0 Å². The normalized spacial score (nSPS) is 17.6. The molecule has 1 amide bonds. The molecule has 0 unspecified atom stereocenters. The molecule has 1 aliphatic rings. The number of amides is 1. The maximum atomic E-state index is 13.2. The predicted molar refractivity (Wildman–Crippen MR) is 125 cm³/mol. The Hall–Kier alpha value is -4.04. The summed E-state index contributed by atoms with van der Waals surface area (Å²) in [6.45, 7) is 2.03. The zero-order valence-corrected chi connectivity index (χ0v) is 18.6. The first-order valence-corrected chi connectivity index (χ1v) is 11.3. The molecule has 3 aromatic heterocycles. The number of benzene rings is 1. The van der Waals surface area contributed by atoms with Crippen molar-refractivity contribution < 1.29 is 14.7 Å². The molecule has 1 N–H and O–H groups in total. The number of thiophene rings is 1. The molecule has 0 radical (unpaired) electrons. The molecule has 1 saturated heterocycles. The standard InChI is InChI=1S/C25H20N4O3S/c1-16-19(14-27-29(16)18-8-3-2-4-9-18)23(30)21-22(20-10-6-12-33-20)28(25(32)24(21)31)15-17-7-5-11-26-13-17/h2-14,22,30H,15H2,1H3/t22-/m0/s1. The maximum Gasteiger partial charge on any atom is 0.295 e. The number of nitrogens with zero attached hydrogens (tertiary/aromatic N) is 4. The van der Waals surface area contributed by atoms with Gasteiger partial charge in [0.1, 0.15) is 5.76 Å². The Kier molecular flexibility index (Phi) is 5.35. The van der Waals surface area contributed by atoms with Crippen LogP contribution in [0.15, 0.2) is 84.1 Å². The van der Waals surface area contributed by atoms with E-state index in [9.17, 15) is 14.7 Å². The van der Waals surface area contributed by atoms with Gasteiger partial charge >= 0.3 is 0 Å². The second-order valence-corrected chi connectivity index (χ2v) is 8.67. The van der Waals surface area contributed by atoms with Gasteiger partial charge in [0.05, 0.1) is 34.8 Å². The van der Waals surface area contributed by atoms with Crippen LogP contribution in [0.1, 0.15) is 27.7 Å². The van der Waals surface area contributed by atoms with Crippen molar-refractivity contribution >= 4 is 28.8 Å². The van der Waals surface area contributed by atoms with Crippen molar-refractivity contribution in [2.75, 3.05) is 0 Å². The van der Waals surface area contributed by atoms with E-state index in [2.05, 4.69) is 10.1 Å². The van der Waals surface area contributed by atoms with Crippen molar-refractivity contribution in [3.05, 3.63) is 106 Å². The average molecular weight is 457 g/mol. The smallest absolute Gasteiger partial charge is 0.295 e. The summed E-state index contributed by atoms with van der Waals surface area (Å²) in [6.07, 6.45) is 4.85. The lowest BCUT2D eigenvalue weighted by atomic mass is 10.00. The van der Waals surface area contributed by atoms with Crippen molar-refractivity contribution in [3.63, 3.8) is 0 Å². The Morgan fingerprint density at radius 2 is 1.88 bits per heavy atom. The summed E-state index contributed by atoms with van der Waals surface area (Å²) >= 11 is 1.43. The molecule has 1 fully saturated rings. The number of ketones is 1. The largest absolute Gasteiger partial charge is 0.507 e. The van der Waals surface area contributed by atoms with Gasteiger partial charge in [0.25, 0.3) is 11.7 Å². The summed E-state index contributed by atoms with van der Waals surface area (Å²) in [7, 11) is 0. The van der Waals surface area contributed by atoms with E-state index in [1.165, 1.54) is 22.4 Å². The Morgan fingerprint density at radius 3 is 2.58 bits per heavy atom. The molecule has 8 heteroatoms. The lowest BCUT2D eigenvalue weighted by molar-refractivity contribution is -0.140. The molecule has 5 rings (SSSR count). The van der Waals surface area contributed by atoms with Gasteiger partial charge < -0.3 is 10.0 Å². The topological polar surface area (TPSA) is 88.3 Å². The molecular formula is C25H20N4O3S. The van der Waals surface area contributed by atoms with Gasteiger partial charge in [-0.25, -0.2) is 4.68 Å². The number of aliphatic hydroxyl groups is 1. The number of hydrogen-bond acceptors (Lipinski definition) is 6. The van der Waals surface area contributed by atoms with Gasteiger partial charge in [0, 0.05) is 23.8 Å². The summed E-state index contributed by atoms with van der Waals surface area (Å²) in [6, 6.07) is 16.2. The molecule has 4 aromatic rings. The van der Waals surface area contributed by atoms with Crippen LogP contribution in [-0.2, 0) is 16.1 Å². The first kappa shape index (κ1) is 20.8. The van der Waals surface area contributed by atoms with Crippen LogP contribution in [0.5, 0.6) is 0 Å². The van der Waals surface area contributed by atoms with Crippen molar-refractivity contribution in [2.24, 2.45) is 0 Å². The average Bonchev–Trinajstić information content (AvgIpc) is 3.56. The minimum atomic E-state index is -0.707. The number of rotatable bonds is 5. The van der Waals surface area contributed by atoms with E-state index in [0.29, 0.717) is 11.3 Å². The molecular weight excluding hydrogens is 436 g/mol. The molecule has 0 spiro atoms. The fraction of sp³-hybridized carbons (Fsp3) is 0.120. The number of hydrogen-bond donors (Lipinski definition) is 1. The van der Waals surface area contributed by atoms with Gasteiger partial charge in [-0.1, -0.05) is 30.3 Å². The van der Waals surface area contributed by atoms with Gasteiger partial charge in [-0.3, -0.25) is 14.6 Å². The highest BCUT2D eigenvalue weighted by atomic mass is 32.1. The van der Waals surface area contributed by atoms with E-state index in [1.807, 2.05) is 60.8 Å². The van der Waals surface area contributed by atoms with E-state index in [0.717, 1.165) is 16.1 Å². The highest BCUT2D eigenvalue weighted by Gasteiger charge is 2.46. The van der Waals surface area contributed by atoms with Crippen LogP contribution < -0.4 is 0 Å². The van der Waals surface area contributed by atoms with Crippen LogP contribution >= 0.6 is 11.3 Å². The van der Waals surface area contributed by atoms with Crippen LogP contribution in [0.25, 0.3) is 11.4 Å². The molecule has 1 aliphatic heterocycles. The van der Waals surface area contributed by atoms with Crippen molar-refractivity contribution in [2.45, 2.75) is 19.5 Å². The fourth-order valence-electron chi connectivity index (χ4n) is 4.09. The fourth-order valence-corrected chi connectivity index (χ4v) is 4.94. The summed E-state index contributed by atoms with van der Waals surface area (Å²) in [5.41, 5.74) is 2.79. The van der Waals surface area contributed by atoms with Crippen molar-refractivity contribution in [3.8, 4) is 5.69 Å². The monoisotopic (exact) mass is 456 g/mol. The Labute approximate surface area is 194 Å². The Bertz CT molecular complexity index is 1350. The number of aromatic nitrogens is 3. The van der Waals surface area contributed by atoms with E-state index < -0.39 is 17.7 Å². The van der Waals surface area contributed by atoms with Gasteiger partial charge in [-0.05, 0) is 42.1 Å². The molecule has 0 bridgehead atoms. The second-order valence-electron chi connectivity index (χ2n) is 7.69. The van der Waals surface area contributed by atoms with Crippen LogP contribution in [0.4, 0.5) is 0 Å². The van der Waals surface area contributed by atoms with Crippen LogP contribution in [0.3, 0.4) is 0 Å². The number of pyridine rings is 1. The summed E-state index contributed by atoms with van der Waals surface area (Å²) in [4.78, 5) is 32.6. The van der Waals surface area contributed by atoms with Gasteiger partial charge in [0.2, 0.25) is 0 Å². The number of Topliss-reactive ketones (excluding diaryl/α,β-unsaturated/α-hetero) is 1. The number of aliphatic hydroxyl groups excluding tert-OH is 1. The second kappa shape index (κ2) is 8.48. The van der Waals surface area contributed by atoms with E-state index in [-0.39, 0.29) is 17.9 Å². The predicted octanol–water partition coefficient (Wildman–Crippen LogP) is 4.26. The van der Waals surface area contributed by atoms with Crippen molar-refractivity contribution in [1.82, 2.24) is 19.7 Å². The highest BCUT2D eigenvalue weighted by Crippen LogP contribution is 2.42. The zero-order valence-electron chi connectivity index (χ0n) is 17.8. The van der Waals surface area contributed by atoms with Crippen molar-refractivity contribution in [1.29, 1.82) is 0 Å². The van der Waals surface area contributed by atoms with Gasteiger partial charge in [-0.2, -0.15) is 5.10 Å². The minimum absolute atomic E-state index is 0.0713. The third-order valence-corrected chi connectivity index (χ3v) is 6.62. The molecule has 4 heterocycles. The first-order valence-electron chi connectivity index (χ1n) is 10.4. The summed E-state index contributed by atoms with van der Waals surface area (Å²) < 4.78 is 1.70. The quantitative estimate of drug-likeness (QED) is 0.275. The first-order chi connectivity index (χ1) is 16.1. The third kappa shape index (κ3) is 3.64.